The van der Waals surface area contributed by atoms with Crippen molar-refractivity contribution in [3.8, 4) is 22.8 Å². The lowest BCUT2D eigenvalue weighted by Crippen LogP contribution is -2.13. The van der Waals surface area contributed by atoms with Crippen LogP contribution in [0.1, 0.15) is 20.8 Å². The van der Waals surface area contributed by atoms with E-state index in [9.17, 15) is 4.79 Å². The van der Waals surface area contributed by atoms with Crippen LogP contribution in [0, 0.1) is 0 Å². The first-order valence-corrected chi connectivity index (χ1v) is 9.60. The number of amides is 1. The molecule has 0 fully saturated rings. The van der Waals surface area contributed by atoms with Crippen LogP contribution in [0.5, 0.6) is 11.5 Å². The van der Waals surface area contributed by atoms with Gasteiger partial charge in [0, 0.05) is 15.5 Å². The lowest BCUT2D eigenvalue weighted by Gasteiger charge is -2.15. The maximum absolute atomic E-state index is 12.7. The van der Waals surface area contributed by atoms with Crippen LogP contribution in [0.3, 0.4) is 0 Å². The van der Waals surface area contributed by atoms with E-state index in [-0.39, 0.29) is 5.91 Å². The molecule has 3 aromatic rings. The zero-order chi connectivity index (χ0) is 19.0. The van der Waals surface area contributed by atoms with Gasteiger partial charge in [-0.1, -0.05) is 11.6 Å². The summed E-state index contributed by atoms with van der Waals surface area (Å²) in [6, 6.07) is 11.0. The van der Waals surface area contributed by atoms with Crippen molar-refractivity contribution in [1.29, 1.82) is 0 Å². The maximum atomic E-state index is 12.7. The largest absolute Gasteiger partial charge is 0.497 e. The van der Waals surface area contributed by atoms with Gasteiger partial charge >= 0.3 is 0 Å². The summed E-state index contributed by atoms with van der Waals surface area (Å²) in [5.41, 5.74) is 3.61. The molecule has 5 nitrogen and oxygen atoms in total. The first kappa shape index (κ1) is 17.8. The van der Waals surface area contributed by atoms with Crippen LogP contribution in [0.4, 0.5) is 5.13 Å². The van der Waals surface area contributed by atoms with E-state index < -0.39 is 0 Å². The lowest BCUT2D eigenvalue weighted by atomic mass is 9.93. The number of anilines is 1. The molecule has 0 bridgehead atoms. The molecule has 1 heterocycles. The Balaban J connectivity index is 1.63. The normalized spacial score (nSPS) is 12.1. The third kappa shape index (κ3) is 3.38. The van der Waals surface area contributed by atoms with E-state index in [1.165, 1.54) is 28.9 Å². The van der Waals surface area contributed by atoms with Crippen LogP contribution in [0.25, 0.3) is 11.3 Å². The molecule has 0 spiro atoms. The second-order valence-corrected chi connectivity index (χ2v) is 7.63. The van der Waals surface area contributed by atoms with Crippen molar-refractivity contribution in [2.24, 2.45) is 0 Å². The Kier molecular flexibility index (Phi) is 4.76. The first-order chi connectivity index (χ1) is 13.1. The van der Waals surface area contributed by atoms with Gasteiger partial charge in [0.05, 0.1) is 25.5 Å². The van der Waals surface area contributed by atoms with Gasteiger partial charge in [0.15, 0.2) is 5.13 Å². The highest BCUT2D eigenvalue weighted by Crippen LogP contribution is 2.39. The number of halogens is 1. The van der Waals surface area contributed by atoms with Gasteiger partial charge < -0.3 is 9.47 Å². The number of hydrogen-bond donors (Lipinski definition) is 1. The molecule has 0 saturated heterocycles. The highest BCUT2D eigenvalue weighted by Gasteiger charge is 2.23. The van der Waals surface area contributed by atoms with Crippen LogP contribution in [0.15, 0.2) is 36.4 Å². The fourth-order valence-corrected chi connectivity index (χ4v) is 4.33. The molecule has 0 saturated carbocycles. The molecule has 0 atom stereocenters. The van der Waals surface area contributed by atoms with Gasteiger partial charge in [-0.05, 0) is 54.8 Å². The van der Waals surface area contributed by atoms with E-state index in [1.807, 2.05) is 18.2 Å². The Bertz CT molecular complexity index is 1030. The Morgan fingerprint density at radius 1 is 1.15 bits per heavy atom. The number of ether oxygens (including phenoxy) is 2. The fourth-order valence-electron chi connectivity index (χ4n) is 3.19. The highest BCUT2D eigenvalue weighted by atomic mass is 35.5. The van der Waals surface area contributed by atoms with Gasteiger partial charge in [0.2, 0.25) is 0 Å². The molecule has 138 valence electrons. The molecule has 4 rings (SSSR count). The second kappa shape index (κ2) is 7.21. The molecule has 27 heavy (non-hydrogen) atoms. The average Bonchev–Trinajstić information content (AvgIpc) is 3.10. The predicted octanol–water partition coefficient (Wildman–Crippen LogP) is 4.83. The molecule has 0 aliphatic heterocycles. The third-order valence-electron chi connectivity index (χ3n) is 4.51. The van der Waals surface area contributed by atoms with E-state index in [0.29, 0.717) is 21.5 Å². The summed E-state index contributed by atoms with van der Waals surface area (Å²) in [5, 5.41) is 3.92. The molecule has 0 unspecified atom stereocenters. The second-order valence-electron chi connectivity index (χ2n) is 6.11. The van der Waals surface area contributed by atoms with E-state index in [0.717, 1.165) is 29.8 Å². The zero-order valence-electron chi connectivity index (χ0n) is 14.8. The number of hydrogen-bond acceptors (Lipinski definition) is 5. The van der Waals surface area contributed by atoms with Crippen molar-refractivity contribution in [2.45, 2.75) is 12.8 Å². The van der Waals surface area contributed by atoms with E-state index in [4.69, 9.17) is 21.1 Å². The Labute approximate surface area is 165 Å². The lowest BCUT2D eigenvalue weighted by molar-refractivity contribution is 0.102. The van der Waals surface area contributed by atoms with Crippen molar-refractivity contribution >= 4 is 34.0 Å². The number of carbonyl (C=O) groups is 1. The first-order valence-electron chi connectivity index (χ1n) is 8.41. The van der Waals surface area contributed by atoms with Crippen molar-refractivity contribution in [2.75, 3.05) is 19.5 Å². The van der Waals surface area contributed by atoms with Crippen LogP contribution in [0.2, 0.25) is 5.02 Å². The molecule has 1 amide bonds. The van der Waals surface area contributed by atoms with Gasteiger partial charge in [-0.25, -0.2) is 4.98 Å². The predicted molar refractivity (Wildman–Crippen MR) is 107 cm³/mol. The topological polar surface area (TPSA) is 60.5 Å². The SMILES string of the molecule is COc1ccc2c(c1)CCc1sc(NC(=O)c3cc(Cl)ccc3OC)nc1-2. The molecular formula is C20H17ClN2O3S. The number of aryl methyl sites for hydroxylation is 2. The van der Waals surface area contributed by atoms with Crippen molar-refractivity contribution < 1.29 is 14.3 Å². The smallest absolute Gasteiger partial charge is 0.261 e. The molecule has 1 N–H and O–H groups in total. The van der Waals surface area contributed by atoms with Crippen LogP contribution >= 0.6 is 22.9 Å². The molecule has 0 radical (unpaired) electrons. The average molecular weight is 401 g/mol. The monoisotopic (exact) mass is 400 g/mol. The van der Waals surface area contributed by atoms with Gasteiger partial charge in [0.25, 0.3) is 5.91 Å². The van der Waals surface area contributed by atoms with Gasteiger partial charge in [-0.2, -0.15) is 0 Å². The number of nitrogens with zero attached hydrogens (tertiary/aromatic N) is 1. The molecule has 1 aliphatic carbocycles. The summed E-state index contributed by atoms with van der Waals surface area (Å²) >= 11 is 7.53. The Morgan fingerprint density at radius 2 is 2.00 bits per heavy atom. The van der Waals surface area contributed by atoms with Crippen molar-refractivity contribution in [1.82, 2.24) is 4.98 Å². The summed E-state index contributed by atoms with van der Waals surface area (Å²) in [6.07, 6.45) is 1.82. The zero-order valence-corrected chi connectivity index (χ0v) is 16.4. The number of aromatic nitrogens is 1. The van der Waals surface area contributed by atoms with E-state index in [1.54, 1.807) is 25.3 Å². The molecular weight excluding hydrogens is 384 g/mol. The number of benzene rings is 2. The van der Waals surface area contributed by atoms with Gasteiger partial charge in [-0.15, -0.1) is 11.3 Å². The highest BCUT2D eigenvalue weighted by molar-refractivity contribution is 7.16. The van der Waals surface area contributed by atoms with E-state index >= 15 is 0 Å². The van der Waals surface area contributed by atoms with E-state index in [2.05, 4.69) is 10.3 Å². The van der Waals surface area contributed by atoms with Crippen LogP contribution < -0.4 is 14.8 Å². The summed E-state index contributed by atoms with van der Waals surface area (Å²) < 4.78 is 10.6. The fraction of sp³-hybridized carbons (Fsp3) is 0.200. The minimum absolute atomic E-state index is 0.296. The standard InChI is InChI=1S/C20H17ClN2O3S/c1-25-13-5-6-14-11(9-13)3-8-17-18(14)22-20(27-17)23-19(24)15-10-12(21)4-7-16(15)26-2/h4-7,9-10H,3,8H2,1-2H3,(H,22,23,24). The number of rotatable bonds is 4. The summed E-state index contributed by atoms with van der Waals surface area (Å²) in [4.78, 5) is 18.5. The van der Waals surface area contributed by atoms with Crippen molar-refractivity contribution in [3.05, 3.63) is 57.4 Å². The minimum Gasteiger partial charge on any atom is -0.497 e. The summed E-state index contributed by atoms with van der Waals surface area (Å²) in [5.74, 6) is 1.01. The molecule has 1 aliphatic rings. The molecule has 7 heteroatoms. The number of carbonyl (C=O) groups excluding carboxylic acids is 1. The Morgan fingerprint density at radius 3 is 2.78 bits per heavy atom. The molecule has 1 aromatic heterocycles. The maximum Gasteiger partial charge on any atom is 0.261 e. The number of methoxy groups -OCH3 is 2. The summed E-state index contributed by atoms with van der Waals surface area (Å²) in [7, 11) is 3.18. The summed E-state index contributed by atoms with van der Waals surface area (Å²) in [6.45, 7) is 0. The number of nitrogens with one attached hydrogen (secondary N) is 1. The number of thiazole rings is 1. The van der Waals surface area contributed by atoms with Crippen molar-refractivity contribution in [3.63, 3.8) is 0 Å². The third-order valence-corrected chi connectivity index (χ3v) is 5.78. The van der Waals surface area contributed by atoms with Crippen LogP contribution in [-0.2, 0) is 12.8 Å². The molecule has 2 aromatic carbocycles. The van der Waals surface area contributed by atoms with Gasteiger partial charge in [-0.3, -0.25) is 10.1 Å². The quantitative estimate of drug-likeness (QED) is 0.681. The Hall–Kier alpha value is -2.57. The number of fused-ring (bicyclic) bond motifs is 3. The minimum atomic E-state index is -0.296. The van der Waals surface area contributed by atoms with Gasteiger partial charge in [0.1, 0.15) is 11.5 Å². The van der Waals surface area contributed by atoms with Crippen LogP contribution in [-0.4, -0.2) is 25.1 Å².